The molecule has 4 nitrogen and oxygen atoms in total. The molecule has 0 atom stereocenters. The van der Waals surface area contributed by atoms with Gasteiger partial charge in [-0.3, -0.25) is 0 Å². The van der Waals surface area contributed by atoms with Gasteiger partial charge in [-0.05, 0) is 72.4 Å². The molecule has 0 fully saturated rings. The van der Waals surface area contributed by atoms with Gasteiger partial charge < -0.3 is 5.53 Å². The van der Waals surface area contributed by atoms with Crippen LogP contribution in [0.25, 0.3) is 11.1 Å². The van der Waals surface area contributed by atoms with Gasteiger partial charge in [0.1, 0.15) is 0 Å². The van der Waals surface area contributed by atoms with Crippen LogP contribution in [0.2, 0.25) is 0 Å². The van der Waals surface area contributed by atoms with Gasteiger partial charge in [0.2, 0.25) is 0 Å². The van der Waals surface area contributed by atoms with E-state index < -0.39 is 0 Å². The normalized spacial score (nSPS) is 10.9. The van der Waals surface area contributed by atoms with E-state index in [0.717, 1.165) is 58.3 Å². The predicted octanol–water partition coefficient (Wildman–Crippen LogP) is 9.57. The number of allylic oxidation sites excluding steroid dienone is 2. The van der Waals surface area contributed by atoms with Crippen molar-refractivity contribution < 1.29 is 27.6 Å². The Morgan fingerprint density at radius 2 is 1.23 bits per heavy atom. The van der Waals surface area contributed by atoms with Crippen LogP contribution in [0.5, 0.6) is 0 Å². The van der Waals surface area contributed by atoms with E-state index in [1.807, 2.05) is 13.8 Å². The van der Waals surface area contributed by atoms with Crippen LogP contribution >= 0.6 is 0 Å². The standard InChI is InChI=1S/C30H40N2.2C2H5O.Ni/c1-4-7-10-11-14-26-17-21-29(22-18-26)30(23-27(24-32-31)13-9-6-3)28-19-15-25(16-20-28)12-8-5-2;2*1-2-3;/h15-23H,4-14H2,1-3H3;2*2H2,1H3;/q;2*-1;+2. The molecule has 2 aromatic carbocycles. The predicted molar refractivity (Wildman–Crippen MR) is 161 cm³/mol. The summed E-state index contributed by atoms with van der Waals surface area (Å²) in [4.78, 5) is 3.21. The summed E-state index contributed by atoms with van der Waals surface area (Å²) in [6, 6.07) is 17.9. The molecule has 0 saturated carbocycles. The van der Waals surface area contributed by atoms with E-state index >= 15 is 0 Å². The molecule has 0 aromatic heterocycles. The zero-order chi connectivity index (χ0) is 28.6. The Kier molecular flexibility index (Phi) is 21.1. The van der Waals surface area contributed by atoms with Crippen molar-refractivity contribution in [3.63, 3.8) is 0 Å². The molecule has 0 N–H and O–H groups in total. The maximum absolute atomic E-state index is 9.13. The first-order chi connectivity index (χ1) is 19.1. The fourth-order valence-electron chi connectivity index (χ4n) is 4.04. The van der Waals surface area contributed by atoms with Crippen molar-refractivity contribution in [2.24, 2.45) is 0 Å². The summed E-state index contributed by atoms with van der Waals surface area (Å²) in [7, 11) is 0. The van der Waals surface area contributed by atoms with E-state index in [9.17, 15) is 0 Å². The summed E-state index contributed by atoms with van der Waals surface area (Å²) in [6.45, 7) is 11.9. The summed E-state index contributed by atoms with van der Waals surface area (Å²) in [5.74, 6) is 2.80. The molecular formula is C34H50N2NiO2. The number of unbranched alkanes of at least 4 members (excludes halogenated alkanes) is 5. The van der Waals surface area contributed by atoms with Crippen LogP contribution in [-0.2, 0) is 35.7 Å². The second-order valence-electron chi connectivity index (χ2n) is 9.52. The molecule has 0 heterocycles. The van der Waals surface area contributed by atoms with E-state index in [-0.39, 0.29) is 0 Å². The number of hydrogen-bond donors (Lipinski definition) is 0. The molecule has 0 amide bonds. The fraction of sp³-hybridized carbons (Fsp3) is 0.529. The van der Waals surface area contributed by atoms with Gasteiger partial charge in [-0.15, -0.1) is 4.79 Å². The molecule has 2 aromatic rings. The fourth-order valence-corrected chi connectivity index (χ4v) is 4.35. The van der Waals surface area contributed by atoms with Crippen molar-refractivity contribution in [2.75, 3.05) is 13.2 Å². The first kappa shape index (κ1) is 34.8. The summed E-state index contributed by atoms with van der Waals surface area (Å²) in [5.41, 5.74) is 16.4. The number of rotatable bonds is 18. The maximum atomic E-state index is 9.13. The molecule has 0 radical (unpaired) electrons. The summed E-state index contributed by atoms with van der Waals surface area (Å²) in [6.07, 6.45) is 15.0. The summed E-state index contributed by atoms with van der Waals surface area (Å²) >= 11 is 0.899. The zero-order valence-corrected chi connectivity index (χ0v) is 25.9. The molecule has 0 aliphatic heterocycles. The molecule has 0 spiro atoms. The van der Waals surface area contributed by atoms with Crippen molar-refractivity contribution in [3.05, 3.63) is 88.0 Å². The second kappa shape index (κ2) is 23.6. The van der Waals surface area contributed by atoms with Crippen LogP contribution in [0.4, 0.5) is 0 Å². The molecule has 39 heavy (non-hydrogen) atoms. The third-order valence-corrected chi connectivity index (χ3v) is 7.04. The van der Waals surface area contributed by atoms with Gasteiger partial charge >= 0.3 is 55.8 Å². The average molecular weight is 577 g/mol. The van der Waals surface area contributed by atoms with Gasteiger partial charge in [-0.2, -0.15) is 0 Å². The molecule has 0 aliphatic carbocycles. The molecule has 0 saturated heterocycles. The molecular weight excluding hydrogens is 527 g/mol. The van der Waals surface area contributed by atoms with E-state index in [2.05, 4.69) is 86.0 Å². The topological polar surface area (TPSA) is 54.9 Å². The number of benzene rings is 2. The Morgan fingerprint density at radius 1 is 0.718 bits per heavy atom. The molecule has 0 unspecified atom stereocenters. The van der Waals surface area contributed by atoms with Crippen molar-refractivity contribution in [2.45, 2.75) is 105 Å². The van der Waals surface area contributed by atoms with Gasteiger partial charge in [-0.1, -0.05) is 101 Å². The van der Waals surface area contributed by atoms with Crippen LogP contribution in [0.3, 0.4) is 0 Å². The Balaban J connectivity index is 0.000000956. The average Bonchev–Trinajstić information content (AvgIpc) is 2.97. The second-order valence-corrected chi connectivity index (χ2v) is 10.3. The third kappa shape index (κ3) is 15.8. The van der Waals surface area contributed by atoms with E-state index in [4.69, 9.17) is 13.3 Å². The SMILES string of the molecule is CCCCCCc1ccc(C(=CC(=C=[N+]=[N-])CCCC)c2ccc(CCCC)cc2)cc1.CC[O][Ni][O]CC. The van der Waals surface area contributed by atoms with Gasteiger partial charge in [0.15, 0.2) is 0 Å². The zero-order valence-electron chi connectivity index (χ0n) is 24.9. The Hall–Kier alpha value is -2.25. The van der Waals surface area contributed by atoms with Gasteiger partial charge in [0.05, 0.1) is 5.57 Å². The molecule has 218 valence electrons. The quantitative estimate of drug-likeness (QED) is 0.0443. The van der Waals surface area contributed by atoms with E-state index in [0.29, 0.717) is 13.2 Å². The third-order valence-electron chi connectivity index (χ3n) is 6.24. The number of hydrogen-bond acceptors (Lipinski definition) is 2. The number of aryl methyl sites for hydroxylation is 2. The van der Waals surface area contributed by atoms with Crippen molar-refractivity contribution in [1.82, 2.24) is 0 Å². The first-order valence-electron chi connectivity index (χ1n) is 14.8. The van der Waals surface area contributed by atoms with Crippen molar-refractivity contribution in [1.29, 1.82) is 0 Å². The van der Waals surface area contributed by atoms with Crippen LogP contribution in [0.1, 0.15) is 115 Å². The van der Waals surface area contributed by atoms with E-state index in [1.165, 1.54) is 60.8 Å². The molecule has 2 rings (SSSR count). The molecule has 0 bridgehead atoms. The van der Waals surface area contributed by atoms with E-state index in [1.54, 1.807) is 0 Å². The van der Waals surface area contributed by atoms with Gasteiger partial charge in [0, 0.05) is 0 Å². The van der Waals surface area contributed by atoms with Crippen molar-refractivity contribution >= 4 is 11.4 Å². The van der Waals surface area contributed by atoms with Gasteiger partial charge in [0.25, 0.3) is 0 Å². The van der Waals surface area contributed by atoms with Crippen LogP contribution < -0.4 is 0 Å². The summed E-state index contributed by atoms with van der Waals surface area (Å²) < 4.78 is 9.58. The molecule has 5 heteroatoms. The summed E-state index contributed by atoms with van der Waals surface area (Å²) in [5, 5.41) is 0. The van der Waals surface area contributed by atoms with Crippen LogP contribution in [0.15, 0.2) is 60.2 Å². The van der Waals surface area contributed by atoms with Crippen LogP contribution in [-0.4, -0.2) is 23.9 Å². The Labute approximate surface area is 245 Å². The van der Waals surface area contributed by atoms with Gasteiger partial charge in [-0.25, -0.2) is 0 Å². The first-order valence-corrected chi connectivity index (χ1v) is 15.6. The molecule has 0 aliphatic rings. The Morgan fingerprint density at radius 3 is 1.69 bits per heavy atom. The van der Waals surface area contributed by atoms with Crippen LogP contribution in [0, 0.1) is 0 Å². The van der Waals surface area contributed by atoms with Crippen molar-refractivity contribution in [3.8, 4) is 0 Å². The monoisotopic (exact) mass is 576 g/mol. The number of nitrogens with zero attached hydrogens (tertiary/aromatic N) is 2. The minimum absolute atomic E-state index is 0.708. The Bertz CT molecular complexity index is 998. The minimum atomic E-state index is 0.708.